The van der Waals surface area contributed by atoms with Crippen LogP contribution < -0.4 is 0 Å². The lowest BCUT2D eigenvalue weighted by atomic mass is 10.3. The average molecular weight is 194 g/mol. The van der Waals surface area contributed by atoms with E-state index in [1.54, 1.807) is 12.4 Å². The van der Waals surface area contributed by atoms with Gasteiger partial charge in [0.05, 0.1) is 11.0 Å². The number of fused-ring (bicyclic) bond motifs is 1. The number of H-pyrrole nitrogens is 1. The number of nitrogens with zero attached hydrogens (tertiary/aromatic N) is 2. The summed E-state index contributed by atoms with van der Waals surface area (Å²) < 4.78 is 0. The summed E-state index contributed by atoms with van der Waals surface area (Å²) in [5.74, 6) is 0.856. The second-order valence-electron chi connectivity index (χ2n) is 3.25. The first kappa shape index (κ1) is 8.17. The van der Waals surface area contributed by atoms with Crippen molar-refractivity contribution in [2.24, 2.45) is 0 Å². The largest absolute Gasteiger partial charge is 0.337 e. The third-order valence-corrected chi connectivity index (χ3v) is 2.26. The topological polar surface area (TPSA) is 41.6 Å². The third-order valence-electron chi connectivity index (χ3n) is 2.26. The zero-order chi connectivity index (χ0) is 10.1. The van der Waals surface area contributed by atoms with Gasteiger partial charge in [0, 0.05) is 24.0 Å². The van der Waals surface area contributed by atoms with Crippen LogP contribution in [0.4, 0.5) is 0 Å². The summed E-state index contributed by atoms with van der Waals surface area (Å²) >= 11 is 0. The molecule has 0 saturated carbocycles. The summed E-state index contributed by atoms with van der Waals surface area (Å²) in [4.78, 5) is 11.7. The number of imidazole rings is 1. The van der Waals surface area contributed by atoms with E-state index in [9.17, 15) is 0 Å². The Balaban J connectivity index is 2.21. The highest BCUT2D eigenvalue weighted by molar-refractivity contribution is 5.78. The van der Waals surface area contributed by atoms with Gasteiger partial charge in [-0.25, -0.2) is 4.98 Å². The van der Waals surface area contributed by atoms with E-state index in [1.807, 2.05) is 30.3 Å². The molecule has 0 unspecified atom stereocenters. The molecular formula is C12H8N3. The van der Waals surface area contributed by atoms with E-state index in [0.29, 0.717) is 0 Å². The van der Waals surface area contributed by atoms with Crippen molar-refractivity contribution < 1.29 is 0 Å². The van der Waals surface area contributed by atoms with Crippen molar-refractivity contribution in [2.75, 3.05) is 0 Å². The molecule has 0 bridgehead atoms. The molecule has 3 rings (SSSR count). The van der Waals surface area contributed by atoms with Gasteiger partial charge in [0.1, 0.15) is 5.82 Å². The van der Waals surface area contributed by atoms with Crippen LogP contribution in [0.2, 0.25) is 0 Å². The molecule has 15 heavy (non-hydrogen) atoms. The molecule has 0 fully saturated rings. The molecule has 1 radical (unpaired) electrons. The fourth-order valence-electron chi connectivity index (χ4n) is 1.53. The van der Waals surface area contributed by atoms with E-state index in [0.717, 1.165) is 22.4 Å². The average Bonchev–Trinajstić information content (AvgIpc) is 2.74. The van der Waals surface area contributed by atoms with Crippen molar-refractivity contribution in [1.29, 1.82) is 0 Å². The van der Waals surface area contributed by atoms with Crippen molar-refractivity contribution in [3.63, 3.8) is 0 Å². The van der Waals surface area contributed by atoms with E-state index in [1.165, 1.54) is 0 Å². The molecule has 1 aromatic carbocycles. The van der Waals surface area contributed by atoms with Gasteiger partial charge in [-0.05, 0) is 18.2 Å². The van der Waals surface area contributed by atoms with Crippen LogP contribution in [0.5, 0.6) is 0 Å². The van der Waals surface area contributed by atoms with Crippen LogP contribution in [0, 0.1) is 6.07 Å². The minimum Gasteiger partial charge on any atom is -0.337 e. The Morgan fingerprint density at radius 2 is 2.00 bits per heavy atom. The molecule has 3 nitrogen and oxygen atoms in total. The molecule has 0 amide bonds. The number of hydrogen-bond acceptors (Lipinski definition) is 2. The maximum Gasteiger partial charge on any atom is 0.138 e. The number of rotatable bonds is 1. The van der Waals surface area contributed by atoms with Crippen LogP contribution in [0.15, 0.2) is 42.7 Å². The number of aromatic nitrogens is 3. The Labute approximate surface area is 86.8 Å². The van der Waals surface area contributed by atoms with E-state index < -0.39 is 0 Å². The number of benzene rings is 1. The van der Waals surface area contributed by atoms with Crippen LogP contribution in [-0.4, -0.2) is 15.0 Å². The molecule has 0 aliphatic carbocycles. The Bertz CT molecular complexity index is 551. The molecule has 0 aliphatic rings. The number of para-hydroxylation sites is 1. The molecule has 0 aliphatic heterocycles. The summed E-state index contributed by atoms with van der Waals surface area (Å²) in [6, 6.07) is 12.7. The van der Waals surface area contributed by atoms with Gasteiger partial charge in [-0.1, -0.05) is 12.1 Å². The van der Waals surface area contributed by atoms with Gasteiger partial charge in [-0.2, -0.15) is 0 Å². The van der Waals surface area contributed by atoms with Gasteiger partial charge in [-0.15, -0.1) is 0 Å². The summed E-state index contributed by atoms with van der Waals surface area (Å²) in [5, 5.41) is 0. The van der Waals surface area contributed by atoms with Crippen LogP contribution in [0.25, 0.3) is 22.4 Å². The Kier molecular flexibility index (Phi) is 1.75. The molecule has 3 heteroatoms. The maximum absolute atomic E-state index is 4.47. The summed E-state index contributed by atoms with van der Waals surface area (Å²) in [5.41, 5.74) is 2.91. The number of hydrogen-bond donors (Lipinski definition) is 1. The Hall–Kier alpha value is -2.16. The first-order chi connectivity index (χ1) is 7.43. The first-order valence-corrected chi connectivity index (χ1v) is 4.70. The molecule has 0 atom stereocenters. The van der Waals surface area contributed by atoms with Crippen LogP contribution in [-0.2, 0) is 0 Å². The smallest absolute Gasteiger partial charge is 0.138 e. The molecule has 1 N–H and O–H groups in total. The third kappa shape index (κ3) is 1.38. The molecule has 0 saturated heterocycles. The SMILES string of the molecule is [c]1cccc2nc(-c3ccncc3)[nH]c12. The van der Waals surface area contributed by atoms with E-state index in [2.05, 4.69) is 21.0 Å². The lowest BCUT2D eigenvalue weighted by Gasteiger charge is -1.92. The lowest BCUT2D eigenvalue weighted by Crippen LogP contribution is -1.79. The number of pyridine rings is 1. The highest BCUT2D eigenvalue weighted by atomic mass is 14.9. The fourth-order valence-corrected chi connectivity index (χ4v) is 1.53. The predicted octanol–water partition coefficient (Wildman–Crippen LogP) is 2.43. The minimum atomic E-state index is 0.856. The lowest BCUT2D eigenvalue weighted by molar-refractivity contribution is 1.28. The van der Waals surface area contributed by atoms with Crippen LogP contribution >= 0.6 is 0 Å². The summed E-state index contributed by atoms with van der Waals surface area (Å²) in [6.07, 6.45) is 3.51. The van der Waals surface area contributed by atoms with Crippen molar-refractivity contribution in [1.82, 2.24) is 15.0 Å². The van der Waals surface area contributed by atoms with Gasteiger partial charge >= 0.3 is 0 Å². The van der Waals surface area contributed by atoms with E-state index in [-0.39, 0.29) is 0 Å². The van der Waals surface area contributed by atoms with E-state index in [4.69, 9.17) is 0 Å². The van der Waals surface area contributed by atoms with Gasteiger partial charge in [0.15, 0.2) is 0 Å². The van der Waals surface area contributed by atoms with E-state index >= 15 is 0 Å². The standard InChI is InChI=1S/C12H8N3/c1-2-4-11-10(3-1)14-12(15-11)9-5-7-13-8-6-9/h1-3,5-8H,(H,14,15). The van der Waals surface area contributed by atoms with Gasteiger partial charge in [-0.3, -0.25) is 4.98 Å². The second-order valence-corrected chi connectivity index (χ2v) is 3.25. The van der Waals surface area contributed by atoms with Crippen molar-refractivity contribution in [3.05, 3.63) is 48.8 Å². The van der Waals surface area contributed by atoms with Gasteiger partial charge in [0.2, 0.25) is 0 Å². The van der Waals surface area contributed by atoms with Gasteiger partial charge < -0.3 is 4.98 Å². The summed E-state index contributed by atoms with van der Waals surface area (Å²) in [6.45, 7) is 0. The van der Waals surface area contributed by atoms with Crippen molar-refractivity contribution in [2.45, 2.75) is 0 Å². The number of aromatic amines is 1. The quantitative estimate of drug-likeness (QED) is 0.646. The highest BCUT2D eigenvalue weighted by Gasteiger charge is 2.03. The zero-order valence-corrected chi connectivity index (χ0v) is 7.94. The second kappa shape index (κ2) is 3.20. The zero-order valence-electron chi connectivity index (χ0n) is 7.94. The molecule has 3 aromatic rings. The van der Waals surface area contributed by atoms with Crippen molar-refractivity contribution in [3.8, 4) is 11.4 Å². The molecule has 2 aromatic heterocycles. The Morgan fingerprint density at radius 3 is 2.80 bits per heavy atom. The molecule has 2 heterocycles. The molecular weight excluding hydrogens is 186 g/mol. The Morgan fingerprint density at radius 1 is 1.13 bits per heavy atom. The van der Waals surface area contributed by atoms with Crippen LogP contribution in [0.1, 0.15) is 0 Å². The van der Waals surface area contributed by atoms with Gasteiger partial charge in [0.25, 0.3) is 0 Å². The monoisotopic (exact) mass is 194 g/mol. The van der Waals surface area contributed by atoms with Crippen LogP contribution in [0.3, 0.4) is 0 Å². The normalized spacial score (nSPS) is 10.7. The number of nitrogens with one attached hydrogen (secondary N) is 1. The molecule has 71 valence electrons. The first-order valence-electron chi connectivity index (χ1n) is 4.70. The maximum atomic E-state index is 4.47. The van der Waals surface area contributed by atoms with Crippen molar-refractivity contribution >= 4 is 11.0 Å². The molecule has 0 spiro atoms. The summed E-state index contributed by atoms with van der Waals surface area (Å²) in [7, 11) is 0. The highest BCUT2D eigenvalue weighted by Crippen LogP contribution is 2.18. The minimum absolute atomic E-state index is 0.856. The fraction of sp³-hybridized carbons (Fsp3) is 0. The predicted molar refractivity (Wildman–Crippen MR) is 58.2 cm³/mol.